The van der Waals surface area contributed by atoms with Gasteiger partial charge in [-0.05, 0) is 30.4 Å². The van der Waals surface area contributed by atoms with Crippen molar-refractivity contribution in [1.82, 2.24) is 15.6 Å². The molecule has 0 unspecified atom stereocenters. The van der Waals surface area contributed by atoms with Crippen LogP contribution in [0.5, 0.6) is 0 Å². The molecule has 0 saturated carbocycles. The van der Waals surface area contributed by atoms with Gasteiger partial charge in [-0.25, -0.2) is 4.98 Å². The minimum atomic E-state index is 0. The van der Waals surface area contributed by atoms with Crippen LogP contribution in [-0.4, -0.2) is 24.5 Å². The smallest absolute Gasteiger partial charge is 0.191 e. The average Bonchev–Trinajstić information content (AvgIpc) is 3.11. The van der Waals surface area contributed by atoms with E-state index in [0.29, 0.717) is 0 Å². The minimum absolute atomic E-state index is 0. The summed E-state index contributed by atoms with van der Waals surface area (Å²) in [4.78, 5) is 11.4. The fourth-order valence-electron chi connectivity index (χ4n) is 1.88. The lowest BCUT2D eigenvalue weighted by Gasteiger charge is -2.11. The molecule has 0 radical (unpaired) electrons. The van der Waals surface area contributed by atoms with Gasteiger partial charge in [0.1, 0.15) is 0 Å². The highest BCUT2D eigenvalue weighted by atomic mass is 127. The Labute approximate surface area is 157 Å². The number of hydrogen-bond acceptors (Lipinski definition) is 4. The van der Waals surface area contributed by atoms with Gasteiger partial charge >= 0.3 is 0 Å². The second-order valence-corrected chi connectivity index (χ2v) is 6.90. The number of aryl methyl sites for hydroxylation is 2. The summed E-state index contributed by atoms with van der Waals surface area (Å²) in [6.07, 6.45) is 3.98. The molecule has 22 heavy (non-hydrogen) atoms. The van der Waals surface area contributed by atoms with Crippen molar-refractivity contribution >= 4 is 52.6 Å². The second-order valence-electron chi connectivity index (χ2n) is 4.70. The average molecular weight is 450 g/mol. The van der Waals surface area contributed by atoms with Crippen molar-refractivity contribution < 1.29 is 0 Å². The summed E-state index contributed by atoms with van der Waals surface area (Å²) >= 11 is 3.57. The highest BCUT2D eigenvalue weighted by Gasteiger charge is 2.03. The molecule has 2 heterocycles. The van der Waals surface area contributed by atoms with Crippen LogP contribution in [0.3, 0.4) is 0 Å². The molecule has 0 saturated heterocycles. The summed E-state index contributed by atoms with van der Waals surface area (Å²) in [5.74, 6) is 0.843. The van der Waals surface area contributed by atoms with E-state index in [-0.39, 0.29) is 24.0 Å². The molecule has 0 aliphatic carbocycles. The Balaban J connectivity index is 0.00000242. The summed E-state index contributed by atoms with van der Waals surface area (Å²) in [6.45, 7) is 5.96. The van der Waals surface area contributed by atoms with Crippen molar-refractivity contribution in [1.29, 1.82) is 0 Å². The van der Waals surface area contributed by atoms with Crippen LogP contribution in [0.2, 0.25) is 0 Å². The molecule has 4 nitrogen and oxygen atoms in total. The van der Waals surface area contributed by atoms with E-state index in [1.54, 1.807) is 29.7 Å². The number of thiazole rings is 1. The van der Waals surface area contributed by atoms with Crippen LogP contribution < -0.4 is 10.6 Å². The monoisotopic (exact) mass is 450 g/mol. The first-order chi connectivity index (χ1) is 10.2. The van der Waals surface area contributed by atoms with Crippen molar-refractivity contribution in [3.8, 4) is 0 Å². The second kappa shape index (κ2) is 10.2. The van der Waals surface area contributed by atoms with Gasteiger partial charge in [0.05, 0.1) is 11.6 Å². The Morgan fingerprint density at radius 3 is 2.77 bits per heavy atom. The number of halogens is 1. The number of nitrogens with one attached hydrogen (secondary N) is 2. The van der Waals surface area contributed by atoms with Crippen molar-refractivity contribution in [2.24, 2.45) is 4.99 Å². The molecule has 0 bridgehead atoms. The molecule has 2 aromatic heterocycles. The predicted octanol–water partition coefficient (Wildman–Crippen LogP) is 3.60. The van der Waals surface area contributed by atoms with Gasteiger partial charge in [-0.2, -0.15) is 0 Å². The van der Waals surface area contributed by atoms with Crippen LogP contribution in [0, 0.1) is 6.92 Å². The van der Waals surface area contributed by atoms with Crippen molar-refractivity contribution in [3.63, 3.8) is 0 Å². The zero-order valence-electron chi connectivity index (χ0n) is 13.2. The molecule has 0 atom stereocenters. The number of guanidine groups is 1. The van der Waals surface area contributed by atoms with Crippen LogP contribution in [0.4, 0.5) is 0 Å². The molecule has 2 N–H and O–H groups in total. The van der Waals surface area contributed by atoms with Gasteiger partial charge in [0, 0.05) is 36.0 Å². The Morgan fingerprint density at radius 1 is 1.36 bits per heavy atom. The third kappa shape index (κ3) is 5.85. The van der Waals surface area contributed by atoms with Crippen LogP contribution in [-0.2, 0) is 19.4 Å². The molecule has 0 aliphatic heterocycles. The number of hydrogen-bond donors (Lipinski definition) is 2. The van der Waals surface area contributed by atoms with Crippen LogP contribution in [0.1, 0.15) is 27.2 Å². The summed E-state index contributed by atoms with van der Waals surface area (Å²) in [6, 6.07) is 2.14. The number of rotatable bonds is 6. The summed E-state index contributed by atoms with van der Waals surface area (Å²) < 4.78 is 0. The number of aromatic nitrogens is 1. The highest BCUT2D eigenvalue weighted by molar-refractivity contribution is 14.0. The topological polar surface area (TPSA) is 49.3 Å². The number of aliphatic imine (C=N–C) groups is 1. The first-order valence-electron chi connectivity index (χ1n) is 7.14. The van der Waals surface area contributed by atoms with E-state index in [0.717, 1.165) is 31.9 Å². The van der Waals surface area contributed by atoms with E-state index in [1.807, 2.05) is 6.20 Å². The first kappa shape index (κ1) is 19.4. The van der Waals surface area contributed by atoms with E-state index in [9.17, 15) is 0 Å². The van der Waals surface area contributed by atoms with E-state index in [1.165, 1.54) is 20.3 Å². The third-order valence-electron chi connectivity index (χ3n) is 3.19. The van der Waals surface area contributed by atoms with Gasteiger partial charge in [-0.15, -0.1) is 46.7 Å². The number of nitrogens with zero attached hydrogens (tertiary/aromatic N) is 2. The molecule has 0 spiro atoms. The molecular weight excluding hydrogens is 427 g/mol. The lowest BCUT2D eigenvalue weighted by Crippen LogP contribution is -2.37. The summed E-state index contributed by atoms with van der Waals surface area (Å²) in [5, 5.41) is 9.99. The van der Waals surface area contributed by atoms with E-state index in [2.05, 4.69) is 45.9 Å². The molecular formula is C15H23IN4S2. The van der Waals surface area contributed by atoms with Gasteiger partial charge in [0.2, 0.25) is 0 Å². The lowest BCUT2D eigenvalue weighted by atomic mass is 10.3. The van der Waals surface area contributed by atoms with E-state index in [4.69, 9.17) is 0 Å². The molecule has 122 valence electrons. The zero-order valence-corrected chi connectivity index (χ0v) is 17.1. The fraction of sp³-hybridized carbons (Fsp3) is 0.467. The molecule has 0 aromatic carbocycles. The van der Waals surface area contributed by atoms with Crippen molar-refractivity contribution in [2.45, 2.75) is 33.2 Å². The third-order valence-corrected chi connectivity index (χ3v) is 5.41. The SMILES string of the molecule is CCc1cnc(CCNC(=NC)NCc2sccc2C)s1.I. The molecule has 2 rings (SSSR count). The lowest BCUT2D eigenvalue weighted by molar-refractivity contribution is 0.795. The van der Waals surface area contributed by atoms with E-state index < -0.39 is 0 Å². The Hall–Kier alpha value is -0.670. The van der Waals surface area contributed by atoms with Gasteiger partial charge in [-0.1, -0.05) is 6.92 Å². The van der Waals surface area contributed by atoms with Crippen molar-refractivity contribution in [2.75, 3.05) is 13.6 Å². The van der Waals surface area contributed by atoms with Gasteiger partial charge < -0.3 is 10.6 Å². The molecule has 0 amide bonds. The molecule has 2 aromatic rings. The Kier molecular flexibility index (Phi) is 8.96. The fourth-order valence-corrected chi connectivity index (χ4v) is 3.59. The van der Waals surface area contributed by atoms with Gasteiger partial charge in [0.15, 0.2) is 5.96 Å². The predicted molar refractivity (Wildman–Crippen MR) is 108 cm³/mol. The maximum absolute atomic E-state index is 4.43. The highest BCUT2D eigenvalue weighted by Crippen LogP contribution is 2.15. The van der Waals surface area contributed by atoms with Gasteiger partial charge in [0.25, 0.3) is 0 Å². The molecule has 0 fully saturated rings. The molecule has 0 aliphatic rings. The minimum Gasteiger partial charge on any atom is -0.356 e. The maximum Gasteiger partial charge on any atom is 0.191 e. The largest absolute Gasteiger partial charge is 0.356 e. The summed E-state index contributed by atoms with van der Waals surface area (Å²) in [5.41, 5.74) is 1.33. The van der Waals surface area contributed by atoms with Crippen LogP contribution in [0.15, 0.2) is 22.6 Å². The Bertz CT molecular complexity index is 592. The normalized spacial score (nSPS) is 11.1. The standard InChI is InChI=1S/C15H22N4S2.HI/c1-4-12-9-18-14(21-12)5-7-17-15(16-3)19-10-13-11(2)6-8-20-13;/h6,8-9H,4-5,7,10H2,1-3H3,(H2,16,17,19);1H. The van der Waals surface area contributed by atoms with Crippen LogP contribution >= 0.6 is 46.7 Å². The van der Waals surface area contributed by atoms with Crippen molar-refractivity contribution in [3.05, 3.63) is 38.0 Å². The van der Waals surface area contributed by atoms with Crippen LogP contribution in [0.25, 0.3) is 0 Å². The number of thiophene rings is 1. The maximum atomic E-state index is 4.43. The van der Waals surface area contributed by atoms with E-state index >= 15 is 0 Å². The molecule has 7 heteroatoms. The Morgan fingerprint density at radius 2 is 2.18 bits per heavy atom. The first-order valence-corrected chi connectivity index (χ1v) is 8.83. The van der Waals surface area contributed by atoms with Gasteiger partial charge in [-0.3, -0.25) is 4.99 Å². The quantitative estimate of drug-likeness (QED) is 0.402. The zero-order chi connectivity index (χ0) is 15.1. The summed E-state index contributed by atoms with van der Waals surface area (Å²) in [7, 11) is 1.80.